The molecule has 0 saturated carbocycles. The van der Waals surface area contributed by atoms with E-state index >= 15 is 0 Å². The number of hydrogen-bond acceptors (Lipinski definition) is 0. The monoisotopic (exact) mass is 312 g/mol. The lowest BCUT2D eigenvalue weighted by Crippen LogP contribution is -1.64. The van der Waals surface area contributed by atoms with Crippen molar-refractivity contribution in [1.82, 2.24) is 0 Å². The van der Waals surface area contributed by atoms with E-state index in [9.17, 15) is 0 Å². The maximum atomic E-state index is 2.39. The topological polar surface area (TPSA) is 0 Å². The van der Waals surface area contributed by atoms with Gasteiger partial charge in [0.25, 0.3) is 0 Å². The van der Waals surface area contributed by atoms with Crippen molar-refractivity contribution in [1.29, 1.82) is 0 Å². The Hall–Kier alpha value is 1.46. The van der Waals surface area contributed by atoms with E-state index in [0.29, 0.717) is 0 Å². The third kappa shape index (κ3) is 9.07. The van der Waals surface area contributed by atoms with E-state index in [0.717, 1.165) is 0 Å². The smallest absolute Gasteiger partial charge is 0.000483 e. The molecule has 40 valence electrons. The fraction of sp³-hybridized carbons (Fsp3) is 1.00. The SMILES string of the molecule is CCCCI.I. The molecule has 6 heavy (non-hydrogen) atoms. The van der Waals surface area contributed by atoms with E-state index in [1.54, 1.807) is 0 Å². The Labute approximate surface area is 70.2 Å². The van der Waals surface area contributed by atoms with Crippen molar-refractivity contribution in [3.05, 3.63) is 0 Å². The van der Waals surface area contributed by atoms with Gasteiger partial charge in [-0.3, -0.25) is 0 Å². The maximum Gasteiger partial charge on any atom is -0.000483 e. The van der Waals surface area contributed by atoms with Crippen LogP contribution in [0, 0.1) is 0 Å². The first-order chi connectivity index (χ1) is 2.41. The highest BCUT2D eigenvalue weighted by atomic mass is 127. The van der Waals surface area contributed by atoms with Gasteiger partial charge in [0.2, 0.25) is 0 Å². The number of halogens is 2. The first-order valence-corrected chi connectivity index (χ1v) is 3.50. The van der Waals surface area contributed by atoms with E-state index in [-0.39, 0.29) is 24.0 Å². The minimum absolute atomic E-state index is 0. The molecule has 0 nitrogen and oxygen atoms in total. The molecular weight excluding hydrogens is 302 g/mol. The van der Waals surface area contributed by atoms with Crippen LogP contribution in [0.2, 0.25) is 0 Å². The molecule has 0 atom stereocenters. The van der Waals surface area contributed by atoms with Crippen molar-refractivity contribution in [3.8, 4) is 0 Å². The molecule has 0 heterocycles. The second-order valence-electron chi connectivity index (χ2n) is 1.04. The average Bonchev–Trinajstić information content (AvgIpc) is 1.41. The number of hydrogen-bond donors (Lipinski definition) is 0. The third-order valence-corrected chi connectivity index (χ3v) is 1.25. The molecule has 0 aliphatic rings. The van der Waals surface area contributed by atoms with Crippen LogP contribution in [-0.2, 0) is 0 Å². The summed E-state index contributed by atoms with van der Waals surface area (Å²) in [5, 5.41) is 0. The summed E-state index contributed by atoms with van der Waals surface area (Å²) in [5.74, 6) is 0. The van der Waals surface area contributed by atoms with Crippen LogP contribution in [0.25, 0.3) is 0 Å². The van der Waals surface area contributed by atoms with Gasteiger partial charge in [0.1, 0.15) is 0 Å². The van der Waals surface area contributed by atoms with E-state index in [1.807, 2.05) is 0 Å². The molecule has 0 spiro atoms. The second kappa shape index (κ2) is 9.68. The molecule has 0 aromatic carbocycles. The Morgan fingerprint density at radius 2 is 2.00 bits per heavy atom. The number of alkyl halides is 1. The molecule has 0 unspecified atom stereocenters. The summed E-state index contributed by atoms with van der Waals surface area (Å²) < 4.78 is 1.31. The third-order valence-electron chi connectivity index (χ3n) is 0.487. The highest BCUT2D eigenvalue weighted by Gasteiger charge is 1.69. The van der Waals surface area contributed by atoms with Crippen LogP contribution >= 0.6 is 46.6 Å². The Morgan fingerprint density at radius 3 is 2.00 bits per heavy atom. The molecule has 0 N–H and O–H groups in total. The fourth-order valence-corrected chi connectivity index (χ4v) is 0.896. The summed E-state index contributed by atoms with van der Waals surface area (Å²) in [4.78, 5) is 0. The van der Waals surface area contributed by atoms with E-state index in [2.05, 4.69) is 29.5 Å². The molecule has 2 heteroatoms. The van der Waals surface area contributed by atoms with Crippen LogP contribution in [0.15, 0.2) is 0 Å². The van der Waals surface area contributed by atoms with E-state index in [1.165, 1.54) is 17.3 Å². The lowest BCUT2D eigenvalue weighted by Gasteiger charge is -1.77. The number of unbranched alkanes of at least 4 members (excludes halogenated alkanes) is 1. The summed E-state index contributed by atoms with van der Waals surface area (Å²) in [7, 11) is 0. The molecule has 0 saturated heterocycles. The Bertz CT molecular complexity index is 13.0. The standard InChI is InChI=1S/C4H9I.HI/c1-2-3-4-5;/h2-4H2,1H3;1H. The summed E-state index contributed by atoms with van der Waals surface area (Å²) in [6.45, 7) is 2.21. The minimum atomic E-state index is 0. The van der Waals surface area contributed by atoms with Gasteiger partial charge >= 0.3 is 0 Å². The summed E-state index contributed by atoms with van der Waals surface area (Å²) >= 11 is 2.39. The van der Waals surface area contributed by atoms with Gasteiger partial charge in [-0.05, 0) is 10.8 Å². The van der Waals surface area contributed by atoms with Crippen LogP contribution in [0.5, 0.6) is 0 Å². The van der Waals surface area contributed by atoms with Gasteiger partial charge in [0.15, 0.2) is 0 Å². The summed E-state index contributed by atoms with van der Waals surface area (Å²) in [6.07, 6.45) is 2.71. The van der Waals surface area contributed by atoms with Gasteiger partial charge < -0.3 is 0 Å². The molecular formula is C4H10I2. The van der Waals surface area contributed by atoms with Gasteiger partial charge in [-0.1, -0.05) is 35.9 Å². The zero-order valence-electron chi connectivity index (χ0n) is 3.91. The molecule has 0 aromatic heterocycles. The van der Waals surface area contributed by atoms with Gasteiger partial charge in [-0.2, -0.15) is 0 Å². The van der Waals surface area contributed by atoms with E-state index in [4.69, 9.17) is 0 Å². The molecule has 0 rings (SSSR count). The summed E-state index contributed by atoms with van der Waals surface area (Å²) in [6, 6.07) is 0. The van der Waals surface area contributed by atoms with E-state index < -0.39 is 0 Å². The quantitative estimate of drug-likeness (QED) is 0.543. The second-order valence-corrected chi connectivity index (χ2v) is 2.12. The Kier molecular flexibility index (Phi) is 16.9. The molecule has 0 fully saturated rings. The fourth-order valence-electron chi connectivity index (χ4n) is 0.134. The molecule has 0 aliphatic heterocycles. The van der Waals surface area contributed by atoms with Crippen molar-refractivity contribution in [2.24, 2.45) is 0 Å². The number of rotatable bonds is 2. The largest absolute Gasteiger partial charge is 0.107 e. The molecule has 0 radical (unpaired) electrons. The van der Waals surface area contributed by atoms with Crippen molar-refractivity contribution < 1.29 is 0 Å². The lowest BCUT2D eigenvalue weighted by molar-refractivity contribution is 0.907. The predicted octanol–water partition coefficient (Wildman–Crippen LogP) is 2.84. The highest BCUT2D eigenvalue weighted by molar-refractivity contribution is 14.1. The molecule has 0 aromatic rings. The zero-order chi connectivity index (χ0) is 4.12. The van der Waals surface area contributed by atoms with Gasteiger partial charge in [-0.25, -0.2) is 0 Å². The van der Waals surface area contributed by atoms with Crippen molar-refractivity contribution in [2.75, 3.05) is 4.43 Å². The lowest BCUT2D eigenvalue weighted by atomic mass is 10.4. The van der Waals surface area contributed by atoms with Gasteiger partial charge in [0.05, 0.1) is 0 Å². The average molecular weight is 312 g/mol. The van der Waals surface area contributed by atoms with Gasteiger partial charge in [-0.15, -0.1) is 24.0 Å². The van der Waals surface area contributed by atoms with Crippen LogP contribution < -0.4 is 0 Å². The maximum absolute atomic E-state index is 2.39. The van der Waals surface area contributed by atoms with Crippen LogP contribution in [0.4, 0.5) is 0 Å². The van der Waals surface area contributed by atoms with Crippen LogP contribution in [0.3, 0.4) is 0 Å². The zero-order valence-corrected chi connectivity index (χ0v) is 8.40. The normalized spacial score (nSPS) is 7.00. The minimum Gasteiger partial charge on any atom is -0.107 e. The Morgan fingerprint density at radius 1 is 1.50 bits per heavy atom. The first-order valence-electron chi connectivity index (χ1n) is 1.97. The van der Waals surface area contributed by atoms with Crippen LogP contribution in [-0.4, -0.2) is 4.43 Å². The van der Waals surface area contributed by atoms with Gasteiger partial charge in [0, 0.05) is 0 Å². The first kappa shape index (κ1) is 10.4. The van der Waals surface area contributed by atoms with Crippen molar-refractivity contribution >= 4 is 46.6 Å². The molecule has 0 aliphatic carbocycles. The molecule has 0 amide bonds. The Balaban J connectivity index is 0. The van der Waals surface area contributed by atoms with Crippen molar-refractivity contribution in [2.45, 2.75) is 19.8 Å². The van der Waals surface area contributed by atoms with Crippen LogP contribution in [0.1, 0.15) is 19.8 Å². The summed E-state index contributed by atoms with van der Waals surface area (Å²) in [5.41, 5.74) is 0. The predicted molar refractivity (Wildman–Crippen MR) is 49.2 cm³/mol. The van der Waals surface area contributed by atoms with Crippen molar-refractivity contribution in [3.63, 3.8) is 0 Å². The molecule has 0 bridgehead atoms. The highest BCUT2D eigenvalue weighted by Crippen LogP contribution is 1.90.